The second kappa shape index (κ2) is 8.16. The predicted octanol–water partition coefficient (Wildman–Crippen LogP) is 4.40. The van der Waals surface area contributed by atoms with Crippen molar-refractivity contribution in [1.29, 1.82) is 0 Å². The highest BCUT2D eigenvalue weighted by Crippen LogP contribution is 2.24. The van der Waals surface area contributed by atoms with Gasteiger partial charge in [-0.2, -0.15) is 0 Å². The van der Waals surface area contributed by atoms with E-state index in [0.717, 1.165) is 50.2 Å². The number of fused-ring (bicyclic) bond motifs is 1. The first-order chi connectivity index (χ1) is 15.6. The Labute approximate surface area is 186 Å². The predicted molar refractivity (Wildman–Crippen MR) is 129 cm³/mol. The number of benzene rings is 3. The molecular formula is C28H22FN3. The minimum absolute atomic E-state index is 0.248. The minimum atomic E-state index is -0.248. The first kappa shape index (κ1) is 19.8. The van der Waals surface area contributed by atoms with Gasteiger partial charge in [-0.1, -0.05) is 86.0 Å². The van der Waals surface area contributed by atoms with Crippen LogP contribution in [0.25, 0.3) is 29.7 Å². The molecule has 0 spiro atoms. The summed E-state index contributed by atoms with van der Waals surface area (Å²) in [5, 5.41) is 4.36. The molecule has 3 nitrogen and oxygen atoms in total. The number of nitrogens with zero attached hydrogens (tertiary/aromatic N) is 2. The Bertz CT molecular complexity index is 1430. The quantitative estimate of drug-likeness (QED) is 0.520. The first-order valence-electron chi connectivity index (χ1n) is 10.4. The zero-order valence-corrected chi connectivity index (χ0v) is 17.6. The number of halogens is 1. The molecule has 156 valence electrons. The lowest BCUT2D eigenvalue weighted by Gasteiger charge is -2.20. The van der Waals surface area contributed by atoms with Gasteiger partial charge in [-0.3, -0.25) is 4.57 Å². The summed E-state index contributed by atoms with van der Waals surface area (Å²) in [6.45, 7) is 8.68. The summed E-state index contributed by atoms with van der Waals surface area (Å²) in [4.78, 5) is 4.93. The Morgan fingerprint density at radius 2 is 1.56 bits per heavy atom. The van der Waals surface area contributed by atoms with Crippen molar-refractivity contribution < 1.29 is 4.39 Å². The number of nitrogens with one attached hydrogen (secondary N) is 1. The molecule has 4 aromatic rings. The van der Waals surface area contributed by atoms with Crippen LogP contribution in [0.4, 0.5) is 4.39 Å². The van der Waals surface area contributed by atoms with Gasteiger partial charge in [-0.05, 0) is 28.8 Å². The summed E-state index contributed by atoms with van der Waals surface area (Å²) < 4.78 is 15.3. The monoisotopic (exact) mass is 419 g/mol. The third-order valence-corrected chi connectivity index (χ3v) is 5.63. The van der Waals surface area contributed by atoms with Gasteiger partial charge in [0.25, 0.3) is 0 Å². The average molecular weight is 420 g/mol. The van der Waals surface area contributed by atoms with Gasteiger partial charge in [0.2, 0.25) is 0 Å². The SMILES string of the molecule is C=C(C1=c2nc(Cc3ccc(F)cc3)c(=C)n2C=C(c2ccccc2)N1)c1ccccc1. The van der Waals surface area contributed by atoms with Crippen molar-refractivity contribution in [3.8, 4) is 0 Å². The van der Waals surface area contributed by atoms with Crippen LogP contribution in [0.15, 0.2) is 91.5 Å². The van der Waals surface area contributed by atoms with Gasteiger partial charge in [0.1, 0.15) is 5.82 Å². The van der Waals surface area contributed by atoms with Gasteiger partial charge in [0, 0.05) is 18.2 Å². The summed E-state index contributed by atoms with van der Waals surface area (Å²) in [6.07, 6.45) is 2.59. The van der Waals surface area contributed by atoms with Crippen molar-refractivity contribution in [3.63, 3.8) is 0 Å². The third-order valence-electron chi connectivity index (χ3n) is 5.63. The Balaban J connectivity index is 1.66. The highest BCUT2D eigenvalue weighted by atomic mass is 19.1. The van der Waals surface area contributed by atoms with Crippen LogP contribution in [-0.4, -0.2) is 9.55 Å². The summed E-state index contributed by atoms with van der Waals surface area (Å²) in [5.41, 5.74) is 7.31. The molecule has 0 saturated heterocycles. The van der Waals surface area contributed by atoms with Crippen molar-refractivity contribution >= 4 is 29.7 Å². The van der Waals surface area contributed by atoms with Gasteiger partial charge in [-0.25, -0.2) is 9.37 Å². The molecular weight excluding hydrogens is 397 g/mol. The van der Waals surface area contributed by atoms with Crippen molar-refractivity contribution in [1.82, 2.24) is 14.9 Å². The van der Waals surface area contributed by atoms with E-state index in [2.05, 4.69) is 30.6 Å². The van der Waals surface area contributed by atoms with Crippen LogP contribution in [0.3, 0.4) is 0 Å². The lowest BCUT2D eigenvalue weighted by molar-refractivity contribution is 0.627. The fraction of sp³-hybridized carbons (Fsp3) is 0.0357. The lowest BCUT2D eigenvalue weighted by Crippen LogP contribution is -2.34. The van der Waals surface area contributed by atoms with Crippen molar-refractivity contribution in [2.24, 2.45) is 0 Å². The number of aromatic nitrogens is 2. The molecule has 0 atom stereocenters. The molecule has 32 heavy (non-hydrogen) atoms. The zero-order valence-electron chi connectivity index (χ0n) is 17.6. The van der Waals surface area contributed by atoms with Gasteiger partial charge in [0.05, 0.1) is 22.4 Å². The molecule has 0 fully saturated rings. The third kappa shape index (κ3) is 3.67. The topological polar surface area (TPSA) is 29.9 Å². The van der Waals surface area contributed by atoms with Crippen LogP contribution in [0.1, 0.15) is 22.4 Å². The van der Waals surface area contributed by atoms with Gasteiger partial charge in [-0.15, -0.1) is 0 Å². The van der Waals surface area contributed by atoms with Gasteiger partial charge in [0.15, 0.2) is 5.48 Å². The van der Waals surface area contributed by atoms with Gasteiger partial charge >= 0.3 is 0 Å². The molecule has 0 aliphatic carbocycles. The minimum Gasteiger partial charge on any atom is -0.350 e. The van der Waals surface area contributed by atoms with E-state index in [1.807, 2.05) is 59.3 Å². The molecule has 1 aliphatic rings. The molecule has 2 heterocycles. The van der Waals surface area contributed by atoms with E-state index in [4.69, 9.17) is 4.98 Å². The number of rotatable bonds is 5. The summed E-state index contributed by atoms with van der Waals surface area (Å²) in [7, 11) is 0. The van der Waals surface area contributed by atoms with E-state index in [1.54, 1.807) is 12.1 Å². The molecule has 0 radical (unpaired) electrons. The second-order valence-electron chi connectivity index (χ2n) is 7.76. The fourth-order valence-corrected chi connectivity index (χ4v) is 3.88. The Kier molecular flexibility index (Phi) is 5.04. The number of hydrogen-bond donors (Lipinski definition) is 1. The van der Waals surface area contributed by atoms with Crippen molar-refractivity contribution in [3.05, 3.63) is 131 Å². The maximum Gasteiger partial charge on any atom is 0.162 e. The fourth-order valence-electron chi connectivity index (χ4n) is 3.88. The maximum atomic E-state index is 13.3. The lowest BCUT2D eigenvalue weighted by atomic mass is 10.0. The molecule has 1 aliphatic heterocycles. The van der Waals surface area contributed by atoms with Crippen LogP contribution < -0.4 is 16.1 Å². The summed E-state index contributed by atoms with van der Waals surface area (Å²) in [5.74, 6) is -0.248. The van der Waals surface area contributed by atoms with Crippen LogP contribution in [0, 0.1) is 5.82 Å². The Morgan fingerprint density at radius 1 is 0.906 bits per heavy atom. The molecule has 4 heteroatoms. The Hall–Kier alpha value is -4.18. The normalized spacial score (nSPS) is 12.7. The second-order valence-corrected chi connectivity index (χ2v) is 7.76. The highest BCUT2D eigenvalue weighted by Gasteiger charge is 2.19. The average Bonchev–Trinajstić information content (AvgIpc) is 3.15. The smallest absolute Gasteiger partial charge is 0.162 e. The van der Waals surface area contributed by atoms with Crippen LogP contribution in [-0.2, 0) is 6.42 Å². The summed E-state index contributed by atoms with van der Waals surface area (Å²) in [6, 6.07) is 26.7. The van der Waals surface area contributed by atoms with E-state index in [0.29, 0.717) is 6.42 Å². The van der Waals surface area contributed by atoms with Gasteiger partial charge < -0.3 is 5.32 Å². The molecule has 3 aromatic carbocycles. The van der Waals surface area contributed by atoms with Crippen LogP contribution >= 0.6 is 0 Å². The number of hydrogen-bond acceptors (Lipinski definition) is 2. The standard InChI is InChI=1S/C28H22FN3/c1-19(22-9-5-3-6-10-22)27-28-31-25(17-21-13-15-24(29)16-14-21)20(2)32(28)18-26(30-27)23-11-7-4-8-12-23/h3-16,18,30H,1-2,17H2. The Morgan fingerprint density at radius 3 is 2.25 bits per heavy atom. The molecule has 1 N–H and O–H groups in total. The molecule has 0 amide bonds. The van der Waals surface area contributed by atoms with Crippen molar-refractivity contribution in [2.45, 2.75) is 6.42 Å². The highest BCUT2D eigenvalue weighted by molar-refractivity contribution is 6.00. The molecule has 0 bridgehead atoms. The maximum absolute atomic E-state index is 13.3. The zero-order chi connectivity index (χ0) is 22.1. The molecule has 5 rings (SSSR count). The van der Waals surface area contributed by atoms with E-state index in [1.165, 1.54) is 12.1 Å². The van der Waals surface area contributed by atoms with Crippen molar-refractivity contribution in [2.75, 3.05) is 0 Å². The first-order valence-corrected chi connectivity index (χ1v) is 10.4. The van der Waals surface area contributed by atoms with Crippen LogP contribution in [0.5, 0.6) is 0 Å². The van der Waals surface area contributed by atoms with E-state index >= 15 is 0 Å². The molecule has 0 saturated carbocycles. The van der Waals surface area contributed by atoms with E-state index in [-0.39, 0.29) is 5.82 Å². The summed E-state index contributed by atoms with van der Waals surface area (Å²) >= 11 is 0. The molecule has 0 unspecified atom stereocenters. The largest absolute Gasteiger partial charge is 0.350 e. The van der Waals surface area contributed by atoms with E-state index in [9.17, 15) is 4.39 Å². The molecule has 1 aromatic heterocycles. The van der Waals surface area contributed by atoms with E-state index < -0.39 is 0 Å². The van der Waals surface area contributed by atoms with Crippen LogP contribution in [0.2, 0.25) is 0 Å². The number of imidazole rings is 1.